The predicted molar refractivity (Wildman–Crippen MR) is 76.2 cm³/mol. The van der Waals surface area contributed by atoms with Crippen LogP contribution in [0.2, 0.25) is 0 Å². The van der Waals surface area contributed by atoms with E-state index in [-0.39, 0.29) is 18.9 Å². The lowest BCUT2D eigenvalue weighted by Crippen LogP contribution is -2.38. The van der Waals surface area contributed by atoms with Crippen molar-refractivity contribution in [1.82, 2.24) is 14.9 Å². The summed E-state index contributed by atoms with van der Waals surface area (Å²) in [5, 5.41) is 3.25. The molecule has 1 heterocycles. The summed E-state index contributed by atoms with van der Waals surface area (Å²) in [5.41, 5.74) is 0.979. The normalized spacial score (nSPS) is 23.3. The molecule has 1 aromatic heterocycles. The van der Waals surface area contributed by atoms with Gasteiger partial charge in [0.15, 0.2) is 0 Å². The molecule has 1 aliphatic carbocycles. The molecule has 1 N–H and O–H groups in total. The summed E-state index contributed by atoms with van der Waals surface area (Å²) < 4.78 is 40.3. The van der Waals surface area contributed by atoms with Gasteiger partial charge in [0, 0.05) is 33.7 Å². The van der Waals surface area contributed by atoms with E-state index >= 15 is 0 Å². The highest BCUT2D eigenvalue weighted by atomic mass is 19.4. The van der Waals surface area contributed by atoms with Crippen LogP contribution in [0.5, 0.6) is 0 Å². The minimum Gasteiger partial charge on any atom is -0.348 e. The number of nitrogens with zero attached hydrogens (tertiary/aromatic N) is 3. The van der Waals surface area contributed by atoms with Gasteiger partial charge >= 0.3 is 6.18 Å². The van der Waals surface area contributed by atoms with Crippen LogP contribution >= 0.6 is 0 Å². The van der Waals surface area contributed by atoms with E-state index in [0.717, 1.165) is 18.1 Å². The number of rotatable bonds is 4. The van der Waals surface area contributed by atoms with Crippen LogP contribution in [0.3, 0.4) is 0 Å². The molecule has 0 spiro atoms. The van der Waals surface area contributed by atoms with Gasteiger partial charge in [-0.3, -0.25) is 0 Å². The third kappa shape index (κ3) is 3.90. The Morgan fingerprint density at radius 2 is 2.10 bits per heavy atom. The van der Waals surface area contributed by atoms with Gasteiger partial charge in [-0.15, -0.1) is 0 Å². The van der Waals surface area contributed by atoms with E-state index in [9.17, 15) is 13.2 Å². The molecular weight excluding hydrogens is 281 g/mol. The molecule has 0 saturated heterocycles. The standard InChI is InChI=1S/C14H23F3N4/c1-20(2)13-19-9-12(21(13)3)8-18-11-6-4-5-10(7-11)14(15,16)17/h9-11,18H,4-8H2,1-3H3. The molecule has 0 amide bonds. The maximum Gasteiger partial charge on any atom is 0.391 e. The van der Waals surface area contributed by atoms with Crippen molar-refractivity contribution in [3.63, 3.8) is 0 Å². The van der Waals surface area contributed by atoms with Crippen molar-refractivity contribution in [2.45, 2.75) is 44.4 Å². The molecule has 2 rings (SSSR count). The third-order valence-electron chi connectivity index (χ3n) is 4.17. The van der Waals surface area contributed by atoms with E-state index in [2.05, 4.69) is 10.3 Å². The van der Waals surface area contributed by atoms with Crippen LogP contribution in [0.25, 0.3) is 0 Å². The average Bonchev–Trinajstić information content (AvgIpc) is 2.77. The number of imidazole rings is 1. The summed E-state index contributed by atoms with van der Waals surface area (Å²) in [6.07, 6.45) is -0.404. The first-order chi connectivity index (χ1) is 9.79. The lowest BCUT2D eigenvalue weighted by molar-refractivity contribution is -0.183. The number of anilines is 1. The van der Waals surface area contributed by atoms with Crippen LogP contribution in [0.15, 0.2) is 6.20 Å². The van der Waals surface area contributed by atoms with Crippen LogP contribution in [0.4, 0.5) is 19.1 Å². The second kappa shape index (κ2) is 6.25. The van der Waals surface area contributed by atoms with E-state index in [1.54, 1.807) is 6.20 Å². The average molecular weight is 304 g/mol. The molecule has 120 valence electrons. The largest absolute Gasteiger partial charge is 0.391 e. The van der Waals surface area contributed by atoms with E-state index in [4.69, 9.17) is 0 Å². The second-order valence-electron chi connectivity index (χ2n) is 5.99. The van der Waals surface area contributed by atoms with Crippen LogP contribution in [-0.2, 0) is 13.6 Å². The van der Waals surface area contributed by atoms with Crippen LogP contribution < -0.4 is 10.2 Å². The number of halogens is 3. The van der Waals surface area contributed by atoms with Crippen LogP contribution in [0, 0.1) is 5.92 Å². The Balaban J connectivity index is 1.91. The molecule has 2 unspecified atom stereocenters. The van der Waals surface area contributed by atoms with E-state index in [1.807, 2.05) is 30.6 Å². The number of aromatic nitrogens is 2. The topological polar surface area (TPSA) is 33.1 Å². The van der Waals surface area contributed by atoms with Gasteiger partial charge in [-0.25, -0.2) is 4.98 Å². The lowest BCUT2D eigenvalue weighted by atomic mass is 9.85. The Labute approximate surface area is 123 Å². The van der Waals surface area contributed by atoms with Crippen LogP contribution in [-0.4, -0.2) is 35.9 Å². The van der Waals surface area contributed by atoms with E-state index in [0.29, 0.717) is 13.0 Å². The Morgan fingerprint density at radius 1 is 1.38 bits per heavy atom. The van der Waals surface area contributed by atoms with Crippen molar-refractivity contribution in [3.05, 3.63) is 11.9 Å². The molecule has 0 radical (unpaired) electrons. The first-order valence-electron chi connectivity index (χ1n) is 7.27. The number of nitrogens with one attached hydrogen (secondary N) is 1. The molecule has 1 aromatic rings. The summed E-state index contributed by atoms with van der Waals surface area (Å²) in [5.74, 6) is -0.323. The summed E-state index contributed by atoms with van der Waals surface area (Å²) in [6, 6.07) is -0.0666. The zero-order chi connectivity index (χ0) is 15.6. The van der Waals surface area contributed by atoms with Crippen molar-refractivity contribution in [2.24, 2.45) is 13.0 Å². The smallest absolute Gasteiger partial charge is 0.348 e. The van der Waals surface area contributed by atoms with Gasteiger partial charge in [0.1, 0.15) is 0 Å². The molecule has 0 aliphatic heterocycles. The maximum atomic E-state index is 12.8. The Bertz CT molecular complexity index is 467. The minimum atomic E-state index is -4.06. The third-order valence-corrected chi connectivity index (χ3v) is 4.17. The molecule has 1 aliphatic rings. The summed E-state index contributed by atoms with van der Waals surface area (Å²) >= 11 is 0. The molecule has 0 bridgehead atoms. The number of alkyl halides is 3. The van der Waals surface area contributed by atoms with Crippen molar-refractivity contribution in [2.75, 3.05) is 19.0 Å². The summed E-state index contributed by atoms with van der Waals surface area (Å²) in [7, 11) is 5.74. The van der Waals surface area contributed by atoms with Gasteiger partial charge in [0.2, 0.25) is 5.95 Å². The number of hydrogen-bond donors (Lipinski definition) is 1. The van der Waals surface area contributed by atoms with Crippen molar-refractivity contribution in [1.29, 1.82) is 0 Å². The molecule has 0 aromatic carbocycles. The maximum absolute atomic E-state index is 12.8. The van der Waals surface area contributed by atoms with Gasteiger partial charge in [-0.05, 0) is 19.3 Å². The van der Waals surface area contributed by atoms with Gasteiger partial charge in [0.25, 0.3) is 0 Å². The molecule has 4 nitrogen and oxygen atoms in total. The fourth-order valence-corrected chi connectivity index (χ4v) is 2.93. The predicted octanol–water partition coefficient (Wildman–Crippen LogP) is 2.70. The lowest BCUT2D eigenvalue weighted by Gasteiger charge is -2.31. The highest BCUT2D eigenvalue weighted by Crippen LogP contribution is 2.37. The molecule has 7 heteroatoms. The first kappa shape index (κ1) is 16.1. The monoisotopic (exact) mass is 304 g/mol. The van der Waals surface area contributed by atoms with Crippen molar-refractivity contribution >= 4 is 5.95 Å². The highest BCUT2D eigenvalue weighted by molar-refractivity contribution is 5.30. The Kier molecular flexibility index (Phi) is 4.81. The van der Waals surface area contributed by atoms with Gasteiger partial charge in [0.05, 0.1) is 17.8 Å². The Hall–Kier alpha value is -1.24. The zero-order valence-corrected chi connectivity index (χ0v) is 12.7. The van der Waals surface area contributed by atoms with E-state index in [1.165, 1.54) is 0 Å². The first-order valence-corrected chi connectivity index (χ1v) is 7.27. The molecule has 1 saturated carbocycles. The minimum absolute atomic E-state index is 0.0666. The highest BCUT2D eigenvalue weighted by Gasteiger charge is 2.42. The second-order valence-corrected chi connectivity index (χ2v) is 5.99. The van der Waals surface area contributed by atoms with Crippen molar-refractivity contribution < 1.29 is 13.2 Å². The number of hydrogen-bond acceptors (Lipinski definition) is 3. The van der Waals surface area contributed by atoms with Crippen molar-refractivity contribution in [3.8, 4) is 0 Å². The van der Waals surface area contributed by atoms with Gasteiger partial charge in [-0.1, -0.05) is 6.42 Å². The molecular formula is C14H23F3N4. The Morgan fingerprint density at radius 3 is 2.67 bits per heavy atom. The fraction of sp³-hybridized carbons (Fsp3) is 0.786. The SMILES string of the molecule is CN(C)c1ncc(CNC2CCCC(C(F)(F)F)C2)n1C. The zero-order valence-electron chi connectivity index (χ0n) is 12.7. The molecule has 1 fully saturated rings. The fourth-order valence-electron chi connectivity index (χ4n) is 2.93. The van der Waals surface area contributed by atoms with E-state index < -0.39 is 12.1 Å². The van der Waals surface area contributed by atoms with Crippen LogP contribution in [0.1, 0.15) is 31.4 Å². The molecule has 21 heavy (non-hydrogen) atoms. The summed E-state index contributed by atoms with van der Waals surface area (Å²) in [6.45, 7) is 0.548. The molecule has 2 atom stereocenters. The van der Waals surface area contributed by atoms with Gasteiger partial charge in [-0.2, -0.15) is 13.2 Å². The quantitative estimate of drug-likeness (QED) is 0.928. The van der Waals surface area contributed by atoms with Gasteiger partial charge < -0.3 is 14.8 Å². The summed E-state index contributed by atoms with van der Waals surface area (Å²) in [4.78, 5) is 6.21.